The van der Waals surface area contributed by atoms with Crippen molar-refractivity contribution >= 4 is 33.4 Å². The molecule has 0 spiro atoms. The van der Waals surface area contributed by atoms with Crippen LogP contribution in [0.3, 0.4) is 0 Å². The maximum absolute atomic E-state index is 12.5. The molecule has 0 radical (unpaired) electrons. The molecule has 2 N–H and O–H groups in total. The summed E-state index contributed by atoms with van der Waals surface area (Å²) in [4.78, 5) is 26.8. The molecule has 0 aliphatic carbocycles. The number of benzene rings is 2. The van der Waals surface area contributed by atoms with Gasteiger partial charge >= 0.3 is 0 Å². The van der Waals surface area contributed by atoms with E-state index in [1.54, 1.807) is 0 Å². The third-order valence-corrected chi connectivity index (χ3v) is 4.97. The summed E-state index contributed by atoms with van der Waals surface area (Å²) < 4.78 is 1.00. The number of amides is 2. The standard InChI is InChI=1S/C22H28BrN3O2/c1-4-13-26(15-22(28)25-20-8-6-5-7-16(20)2)14-21(27)24-17(3)18-9-11-19(23)12-10-18/h5-12,17H,4,13-15H2,1-3H3,(H,24,27)(H,25,28). The zero-order chi connectivity index (χ0) is 20.5. The molecule has 2 rings (SSSR count). The molecular weight excluding hydrogens is 418 g/mol. The van der Waals surface area contributed by atoms with E-state index in [9.17, 15) is 9.59 Å². The highest BCUT2D eigenvalue weighted by molar-refractivity contribution is 9.10. The number of nitrogens with zero attached hydrogens (tertiary/aromatic N) is 1. The SMILES string of the molecule is CCCN(CC(=O)Nc1ccccc1C)CC(=O)NC(C)c1ccc(Br)cc1. The third-order valence-electron chi connectivity index (χ3n) is 4.44. The molecule has 6 heteroatoms. The van der Waals surface area contributed by atoms with Crippen LogP contribution in [0.4, 0.5) is 5.69 Å². The van der Waals surface area contributed by atoms with Gasteiger partial charge in [-0.05, 0) is 56.1 Å². The fourth-order valence-electron chi connectivity index (χ4n) is 2.96. The zero-order valence-corrected chi connectivity index (χ0v) is 18.3. The smallest absolute Gasteiger partial charge is 0.238 e. The lowest BCUT2D eigenvalue weighted by Gasteiger charge is -2.22. The van der Waals surface area contributed by atoms with Crippen molar-refractivity contribution in [3.05, 3.63) is 64.1 Å². The van der Waals surface area contributed by atoms with E-state index in [-0.39, 0.29) is 30.9 Å². The second kappa shape index (κ2) is 11.0. The molecule has 0 heterocycles. The Balaban J connectivity index is 1.90. The van der Waals surface area contributed by atoms with Crippen molar-refractivity contribution in [1.29, 1.82) is 0 Å². The van der Waals surface area contributed by atoms with Crippen molar-refractivity contribution in [3.8, 4) is 0 Å². The van der Waals surface area contributed by atoms with E-state index >= 15 is 0 Å². The van der Waals surface area contributed by atoms with Gasteiger partial charge in [0.25, 0.3) is 0 Å². The van der Waals surface area contributed by atoms with E-state index < -0.39 is 0 Å². The van der Waals surface area contributed by atoms with Crippen molar-refractivity contribution in [3.63, 3.8) is 0 Å². The molecular formula is C22H28BrN3O2. The molecule has 0 fully saturated rings. The van der Waals surface area contributed by atoms with Crippen LogP contribution in [0.2, 0.25) is 0 Å². The van der Waals surface area contributed by atoms with Crippen LogP contribution in [-0.2, 0) is 9.59 Å². The third kappa shape index (κ3) is 7.09. The van der Waals surface area contributed by atoms with E-state index in [0.29, 0.717) is 6.54 Å². The minimum Gasteiger partial charge on any atom is -0.348 e. The van der Waals surface area contributed by atoms with Gasteiger partial charge in [-0.3, -0.25) is 14.5 Å². The van der Waals surface area contributed by atoms with Crippen LogP contribution in [0.15, 0.2) is 53.0 Å². The molecule has 2 aromatic rings. The number of anilines is 1. The summed E-state index contributed by atoms with van der Waals surface area (Å²) in [5.41, 5.74) is 2.85. The molecule has 0 bridgehead atoms. The maximum Gasteiger partial charge on any atom is 0.238 e. The Morgan fingerprint density at radius 3 is 2.32 bits per heavy atom. The molecule has 1 unspecified atom stereocenters. The molecule has 1 atom stereocenters. The van der Waals surface area contributed by atoms with Crippen molar-refractivity contribution in [2.24, 2.45) is 0 Å². The summed E-state index contributed by atoms with van der Waals surface area (Å²) in [5.74, 6) is -0.205. The molecule has 0 aliphatic heterocycles. The van der Waals surface area contributed by atoms with Gasteiger partial charge in [0.15, 0.2) is 0 Å². The van der Waals surface area contributed by atoms with Crippen LogP contribution in [-0.4, -0.2) is 36.3 Å². The Morgan fingerprint density at radius 2 is 1.68 bits per heavy atom. The van der Waals surface area contributed by atoms with Gasteiger partial charge in [-0.2, -0.15) is 0 Å². The fourth-order valence-corrected chi connectivity index (χ4v) is 3.23. The summed E-state index contributed by atoms with van der Waals surface area (Å²) in [6.45, 7) is 7.00. The first-order chi connectivity index (χ1) is 13.4. The highest BCUT2D eigenvalue weighted by Crippen LogP contribution is 2.16. The summed E-state index contributed by atoms with van der Waals surface area (Å²) in [6.07, 6.45) is 0.868. The monoisotopic (exact) mass is 445 g/mol. The number of halogens is 1. The van der Waals surface area contributed by atoms with E-state index in [0.717, 1.165) is 27.7 Å². The van der Waals surface area contributed by atoms with Crippen molar-refractivity contribution < 1.29 is 9.59 Å². The predicted molar refractivity (Wildman–Crippen MR) is 117 cm³/mol. The van der Waals surface area contributed by atoms with E-state index in [2.05, 4.69) is 26.6 Å². The Hall–Kier alpha value is -2.18. The number of para-hydroxylation sites is 1. The summed E-state index contributed by atoms with van der Waals surface area (Å²) >= 11 is 3.41. The quantitative estimate of drug-likeness (QED) is 0.605. The molecule has 28 heavy (non-hydrogen) atoms. The maximum atomic E-state index is 12.5. The van der Waals surface area contributed by atoms with Crippen LogP contribution in [0.1, 0.15) is 37.4 Å². The molecule has 0 saturated carbocycles. The van der Waals surface area contributed by atoms with Crippen molar-refractivity contribution in [1.82, 2.24) is 10.2 Å². The van der Waals surface area contributed by atoms with E-state index in [1.165, 1.54) is 0 Å². The average Bonchev–Trinajstić information content (AvgIpc) is 2.64. The van der Waals surface area contributed by atoms with Crippen molar-refractivity contribution in [2.75, 3.05) is 25.0 Å². The number of nitrogens with one attached hydrogen (secondary N) is 2. The summed E-state index contributed by atoms with van der Waals surface area (Å²) in [5, 5.41) is 5.94. The Labute approximate surface area is 175 Å². The number of carbonyl (C=O) groups is 2. The van der Waals surface area contributed by atoms with Crippen LogP contribution >= 0.6 is 15.9 Å². The topological polar surface area (TPSA) is 61.4 Å². The average molecular weight is 446 g/mol. The first-order valence-electron chi connectivity index (χ1n) is 9.51. The number of hydrogen-bond donors (Lipinski definition) is 2. The lowest BCUT2D eigenvalue weighted by molar-refractivity contribution is -0.124. The summed E-state index contributed by atoms with van der Waals surface area (Å²) in [6, 6.07) is 15.4. The fraction of sp³-hybridized carbons (Fsp3) is 0.364. The van der Waals surface area contributed by atoms with Gasteiger partial charge < -0.3 is 10.6 Å². The van der Waals surface area contributed by atoms with E-state index in [1.807, 2.05) is 74.2 Å². The first kappa shape index (κ1) is 22.1. The summed E-state index contributed by atoms with van der Waals surface area (Å²) in [7, 11) is 0. The largest absolute Gasteiger partial charge is 0.348 e. The van der Waals surface area contributed by atoms with Gasteiger partial charge in [0, 0.05) is 10.2 Å². The van der Waals surface area contributed by atoms with Crippen LogP contribution in [0, 0.1) is 6.92 Å². The number of rotatable bonds is 9. The lowest BCUT2D eigenvalue weighted by atomic mass is 10.1. The highest BCUT2D eigenvalue weighted by atomic mass is 79.9. The first-order valence-corrected chi connectivity index (χ1v) is 10.3. The van der Waals surface area contributed by atoms with Gasteiger partial charge in [0.1, 0.15) is 0 Å². The Bertz CT molecular complexity index is 793. The normalized spacial score (nSPS) is 11.9. The molecule has 5 nitrogen and oxygen atoms in total. The van der Waals surface area contributed by atoms with Gasteiger partial charge in [-0.15, -0.1) is 0 Å². The molecule has 2 aromatic carbocycles. The minimum absolute atomic E-state index is 0.0902. The zero-order valence-electron chi connectivity index (χ0n) is 16.7. The molecule has 150 valence electrons. The number of carbonyl (C=O) groups excluding carboxylic acids is 2. The van der Waals surface area contributed by atoms with Crippen LogP contribution < -0.4 is 10.6 Å². The number of aryl methyl sites for hydroxylation is 1. The number of hydrogen-bond acceptors (Lipinski definition) is 3. The molecule has 2 amide bonds. The minimum atomic E-state index is -0.114. The molecule has 0 saturated heterocycles. The van der Waals surface area contributed by atoms with Crippen LogP contribution in [0.25, 0.3) is 0 Å². The van der Waals surface area contributed by atoms with Gasteiger partial charge in [0.2, 0.25) is 11.8 Å². The molecule has 0 aromatic heterocycles. The Kier molecular flexibility index (Phi) is 8.67. The van der Waals surface area contributed by atoms with Gasteiger partial charge in [-0.25, -0.2) is 0 Å². The lowest BCUT2D eigenvalue weighted by Crippen LogP contribution is -2.42. The highest BCUT2D eigenvalue weighted by Gasteiger charge is 2.16. The predicted octanol–water partition coefficient (Wildman–Crippen LogP) is 4.29. The second-order valence-corrected chi connectivity index (χ2v) is 7.83. The van der Waals surface area contributed by atoms with Gasteiger partial charge in [-0.1, -0.05) is 53.2 Å². The van der Waals surface area contributed by atoms with Crippen LogP contribution in [0.5, 0.6) is 0 Å². The van der Waals surface area contributed by atoms with E-state index in [4.69, 9.17) is 0 Å². The molecule has 0 aliphatic rings. The second-order valence-electron chi connectivity index (χ2n) is 6.91. The van der Waals surface area contributed by atoms with Crippen molar-refractivity contribution in [2.45, 2.75) is 33.2 Å². The Morgan fingerprint density at radius 1 is 1.04 bits per heavy atom. The van der Waals surface area contributed by atoms with Gasteiger partial charge in [0.05, 0.1) is 19.1 Å².